The van der Waals surface area contributed by atoms with E-state index in [0.717, 1.165) is 24.4 Å². The largest absolute Gasteiger partial charge is 0.468 e. The molecule has 1 aromatic carbocycles. The molecule has 23 heavy (non-hydrogen) atoms. The van der Waals surface area contributed by atoms with Gasteiger partial charge in [-0.3, -0.25) is 9.59 Å². The van der Waals surface area contributed by atoms with Crippen molar-refractivity contribution in [1.82, 2.24) is 4.90 Å². The van der Waals surface area contributed by atoms with Crippen LogP contribution in [0.3, 0.4) is 0 Å². The smallest absolute Gasteiger partial charge is 0.317 e. The van der Waals surface area contributed by atoms with E-state index in [1.807, 2.05) is 30.3 Å². The molecule has 5 nitrogen and oxygen atoms in total. The first kappa shape index (κ1) is 15.7. The summed E-state index contributed by atoms with van der Waals surface area (Å²) in [5, 5.41) is 0. The number of allylic oxidation sites excluding steroid dienone is 2. The predicted octanol–water partition coefficient (Wildman–Crippen LogP) is 1.75. The van der Waals surface area contributed by atoms with Gasteiger partial charge in [0.2, 0.25) is 0 Å². The molecule has 1 aliphatic heterocycles. The van der Waals surface area contributed by atoms with Gasteiger partial charge in [0.1, 0.15) is 5.92 Å². The number of nitrogens with zero attached hydrogens (tertiary/aromatic N) is 1. The summed E-state index contributed by atoms with van der Waals surface area (Å²) in [5.74, 6) is -1.56. The molecular weight excluding hydrogens is 294 g/mol. The molecule has 2 unspecified atom stereocenters. The molecule has 2 atom stereocenters. The van der Waals surface area contributed by atoms with E-state index in [9.17, 15) is 9.59 Å². The van der Waals surface area contributed by atoms with Crippen LogP contribution in [0.5, 0.6) is 0 Å². The van der Waals surface area contributed by atoms with Gasteiger partial charge in [-0.15, -0.1) is 0 Å². The van der Waals surface area contributed by atoms with Crippen LogP contribution in [0.4, 0.5) is 0 Å². The number of rotatable bonds is 3. The fourth-order valence-corrected chi connectivity index (χ4v) is 3.34. The van der Waals surface area contributed by atoms with Gasteiger partial charge in [0.05, 0.1) is 20.3 Å². The fourth-order valence-electron chi connectivity index (χ4n) is 3.34. The Morgan fingerprint density at radius 2 is 1.91 bits per heavy atom. The van der Waals surface area contributed by atoms with Gasteiger partial charge in [0.25, 0.3) is 0 Å². The molecule has 3 rings (SSSR count). The van der Waals surface area contributed by atoms with Gasteiger partial charge in [0, 0.05) is 30.8 Å². The zero-order valence-corrected chi connectivity index (χ0v) is 13.2. The molecule has 0 bridgehead atoms. The first-order valence-corrected chi connectivity index (χ1v) is 7.90. The summed E-state index contributed by atoms with van der Waals surface area (Å²) in [6, 6.07) is 9.73. The predicted molar refractivity (Wildman–Crippen MR) is 84.8 cm³/mol. The van der Waals surface area contributed by atoms with Crippen molar-refractivity contribution in [1.29, 1.82) is 0 Å². The van der Waals surface area contributed by atoms with Crippen LogP contribution in [-0.2, 0) is 19.1 Å². The van der Waals surface area contributed by atoms with Crippen LogP contribution in [-0.4, -0.2) is 50.1 Å². The molecule has 1 saturated heterocycles. The van der Waals surface area contributed by atoms with E-state index in [2.05, 4.69) is 4.90 Å². The molecule has 0 radical (unpaired) electrons. The molecule has 1 aliphatic carbocycles. The van der Waals surface area contributed by atoms with Crippen LogP contribution in [0, 0.1) is 5.92 Å². The summed E-state index contributed by atoms with van der Waals surface area (Å²) in [4.78, 5) is 26.9. The lowest BCUT2D eigenvalue weighted by Gasteiger charge is -2.36. The number of methoxy groups -OCH3 is 1. The Bertz CT molecular complexity index is 605. The topological polar surface area (TPSA) is 55.8 Å². The second-order valence-electron chi connectivity index (χ2n) is 5.86. The van der Waals surface area contributed by atoms with E-state index < -0.39 is 11.9 Å². The molecule has 0 spiro atoms. The van der Waals surface area contributed by atoms with Crippen LogP contribution in [0.15, 0.2) is 42.1 Å². The maximum Gasteiger partial charge on any atom is 0.317 e. The molecule has 1 aromatic rings. The van der Waals surface area contributed by atoms with Crippen LogP contribution in [0.2, 0.25) is 0 Å². The number of esters is 1. The van der Waals surface area contributed by atoms with Crippen LogP contribution in [0.1, 0.15) is 17.9 Å². The highest BCUT2D eigenvalue weighted by Gasteiger charge is 2.40. The number of carbonyl (C=O) groups excluding carboxylic acids is 2. The molecular formula is C18H21NO4. The van der Waals surface area contributed by atoms with Gasteiger partial charge in [-0.1, -0.05) is 30.3 Å². The maximum absolute atomic E-state index is 12.6. The number of ketones is 1. The summed E-state index contributed by atoms with van der Waals surface area (Å²) in [6.45, 7) is 2.90. The average Bonchev–Trinajstić information content (AvgIpc) is 2.62. The molecule has 1 fully saturated rings. The SMILES string of the molecule is COC(=O)C1C(=O)C=C(N2CCOCC2)CC1c1ccccc1. The van der Waals surface area contributed by atoms with Crippen molar-refractivity contribution in [3.8, 4) is 0 Å². The molecule has 122 valence electrons. The number of hydrogen-bond acceptors (Lipinski definition) is 5. The van der Waals surface area contributed by atoms with Gasteiger partial charge < -0.3 is 14.4 Å². The van der Waals surface area contributed by atoms with Gasteiger partial charge in [-0.25, -0.2) is 0 Å². The quantitative estimate of drug-likeness (QED) is 0.628. The van der Waals surface area contributed by atoms with Crippen molar-refractivity contribution < 1.29 is 19.1 Å². The number of benzene rings is 1. The van der Waals surface area contributed by atoms with Gasteiger partial charge in [-0.05, 0) is 12.0 Å². The standard InChI is InChI=1S/C18H21NO4/c1-22-18(21)17-15(13-5-3-2-4-6-13)11-14(12-16(17)20)19-7-9-23-10-8-19/h2-6,12,15,17H,7-11H2,1H3. The van der Waals surface area contributed by atoms with Crippen LogP contribution >= 0.6 is 0 Å². The first-order valence-electron chi connectivity index (χ1n) is 7.90. The minimum absolute atomic E-state index is 0.168. The maximum atomic E-state index is 12.6. The van der Waals surface area contributed by atoms with Crippen LogP contribution < -0.4 is 0 Å². The molecule has 0 saturated carbocycles. The lowest BCUT2D eigenvalue weighted by Crippen LogP contribution is -2.41. The minimum Gasteiger partial charge on any atom is -0.468 e. The average molecular weight is 315 g/mol. The number of hydrogen-bond donors (Lipinski definition) is 0. The molecule has 0 aromatic heterocycles. The number of morpholine rings is 1. The number of carbonyl (C=O) groups is 2. The molecule has 0 N–H and O–H groups in total. The Hall–Kier alpha value is -2.14. The lowest BCUT2D eigenvalue weighted by atomic mass is 9.76. The summed E-state index contributed by atoms with van der Waals surface area (Å²) in [5.41, 5.74) is 1.99. The highest BCUT2D eigenvalue weighted by atomic mass is 16.5. The number of ether oxygens (including phenoxy) is 2. The Balaban J connectivity index is 1.92. The molecule has 5 heteroatoms. The third kappa shape index (κ3) is 3.29. The first-order chi connectivity index (χ1) is 11.2. The molecule has 1 heterocycles. The Labute approximate surface area is 135 Å². The molecule has 2 aliphatic rings. The second-order valence-corrected chi connectivity index (χ2v) is 5.86. The monoisotopic (exact) mass is 315 g/mol. The molecule has 0 amide bonds. The van der Waals surface area contributed by atoms with Crippen LogP contribution in [0.25, 0.3) is 0 Å². The Morgan fingerprint density at radius 1 is 1.22 bits per heavy atom. The van der Waals surface area contributed by atoms with Crippen molar-refractivity contribution >= 4 is 11.8 Å². The summed E-state index contributed by atoms with van der Waals surface area (Å²) < 4.78 is 10.2. The van der Waals surface area contributed by atoms with E-state index >= 15 is 0 Å². The van der Waals surface area contributed by atoms with Crippen molar-refractivity contribution in [3.05, 3.63) is 47.7 Å². The van der Waals surface area contributed by atoms with E-state index in [0.29, 0.717) is 19.6 Å². The zero-order chi connectivity index (χ0) is 16.2. The van der Waals surface area contributed by atoms with Crippen molar-refractivity contribution in [2.24, 2.45) is 5.92 Å². The van der Waals surface area contributed by atoms with Gasteiger partial charge in [-0.2, -0.15) is 0 Å². The highest BCUT2D eigenvalue weighted by molar-refractivity contribution is 6.07. The minimum atomic E-state index is -0.757. The van der Waals surface area contributed by atoms with E-state index in [-0.39, 0.29) is 11.7 Å². The zero-order valence-electron chi connectivity index (χ0n) is 13.2. The lowest BCUT2D eigenvalue weighted by molar-refractivity contribution is -0.149. The Morgan fingerprint density at radius 3 is 2.57 bits per heavy atom. The Kier molecular flexibility index (Phi) is 4.76. The second kappa shape index (κ2) is 6.96. The van der Waals surface area contributed by atoms with Gasteiger partial charge >= 0.3 is 5.97 Å². The van der Waals surface area contributed by atoms with Crippen molar-refractivity contribution in [2.45, 2.75) is 12.3 Å². The van der Waals surface area contributed by atoms with Gasteiger partial charge in [0.15, 0.2) is 5.78 Å². The van der Waals surface area contributed by atoms with E-state index in [1.165, 1.54) is 7.11 Å². The normalized spacial score (nSPS) is 25.0. The third-order valence-corrected chi connectivity index (χ3v) is 4.55. The highest BCUT2D eigenvalue weighted by Crippen LogP contribution is 2.37. The van der Waals surface area contributed by atoms with E-state index in [4.69, 9.17) is 9.47 Å². The van der Waals surface area contributed by atoms with E-state index in [1.54, 1.807) is 6.08 Å². The fraction of sp³-hybridized carbons (Fsp3) is 0.444. The summed E-state index contributed by atoms with van der Waals surface area (Å²) in [7, 11) is 1.33. The summed E-state index contributed by atoms with van der Waals surface area (Å²) in [6.07, 6.45) is 2.28. The third-order valence-electron chi connectivity index (χ3n) is 4.55. The van der Waals surface area contributed by atoms with Crippen molar-refractivity contribution in [3.63, 3.8) is 0 Å². The summed E-state index contributed by atoms with van der Waals surface area (Å²) >= 11 is 0. The van der Waals surface area contributed by atoms with Crippen molar-refractivity contribution in [2.75, 3.05) is 33.4 Å².